The first-order chi connectivity index (χ1) is 13.5. The van der Waals surface area contributed by atoms with Gasteiger partial charge in [-0.05, 0) is 25.0 Å². The van der Waals surface area contributed by atoms with Gasteiger partial charge in [-0.15, -0.1) is 0 Å². The molecule has 2 amide bonds. The lowest BCUT2D eigenvalue weighted by Gasteiger charge is -2.29. The maximum atomic E-state index is 12.5. The molecule has 150 valence electrons. The number of hydrogen-bond acceptors (Lipinski definition) is 7. The van der Waals surface area contributed by atoms with Crippen molar-refractivity contribution < 1.29 is 23.6 Å². The number of para-hydroxylation sites is 1. The minimum Gasteiger partial charge on any atom is -0.493 e. The molecule has 1 fully saturated rings. The van der Waals surface area contributed by atoms with E-state index >= 15 is 0 Å². The van der Waals surface area contributed by atoms with E-state index in [-0.39, 0.29) is 24.3 Å². The number of benzene rings is 1. The number of nitrogens with zero attached hydrogens (tertiary/aromatic N) is 3. The van der Waals surface area contributed by atoms with Crippen molar-refractivity contribution in [2.24, 2.45) is 0 Å². The number of likely N-dealkylation sites (tertiary alicyclic amines) is 1. The maximum absolute atomic E-state index is 12.5. The largest absolute Gasteiger partial charge is 0.493 e. The molecule has 1 aliphatic rings. The Balaban J connectivity index is 1.59. The number of rotatable bonds is 6. The molecule has 3 rings (SSSR count). The second-order valence-electron chi connectivity index (χ2n) is 6.55. The Hall–Kier alpha value is -3.10. The number of piperidine rings is 1. The van der Waals surface area contributed by atoms with E-state index in [0.29, 0.717) is 41.9 Å². The van der Waals surface area contributed by atoms with Gasteiger partial charge in [0.25, 0.3) is 5.91 Å². The average Bonchev–Trinajstić information content (AvgIpc) is 3.20. The van der Waals surface area contributed by atoms with Gasteiger partial charge in [0, 0.05) is 25.9 Å². The van der Waals surface area contributed by atoms with Crippen LogP contribution in [-0.2, 0) is 11.3 Å². The SMILES string of the molecule is COc1cccc(C(=O)NCc2nc(C3CCN(C(C)=O)CC3)no2)c1OC. The van der Waals surface area contributed by atoms with Gasteiger partial charge in [-0.1, -0.05) is 11.2 Å². The molecule has 0 radical (unpaired) electrons. The fourth-order valence-electron chi connectivity index (χ4n) is 3.28. The minimum atomic E-state index is -0.328. The molecule has 0 saturated carbocycles. The quantitative estimate of drug-likeness (QED) is 0.803. The zero-order chi connectivity index (χ0) is 20.1. The summed E-state index contributed by atoms with van der Waals surface area (Å²) in [4.78, 5) is 30.1. The molecule has 1 aliphatic heterocycles. The van der Waals surface area contributed by atoms with E-state index in [1.54, 1.807) is 25.1 Å². The summed E-state index contributed by atoms with van der Waals surface area (Å²) >= 11 is 0. The first kappa shape index (κ1) is 19.7. The molecule has 0 aliphatic carbocycles. The average molecular weight is 388 g/mol. The minimum absolute atomic E-state index is 0.0861. The number of hydrogen-bond donors (Lipinski definition) is 1. The highest BCUT2D eigenvalue weighted by Crippen LogP contribution is 2.30. The molecule has 1 aromatic carbocycles. The predicted molar refractivity (Wildman–Crippen MR) is 99.2 cm³/mol. The number of aromatic nitrogens is 2. The lowest BCUT2D eigenvalue weighted by atomic mass is 9.96. The van der Waals surface area contributed by atoms with Gasteiger partial charge in [0.2, 0.25) is 11.8 Å². The normalized spacial score (nSPS) is 14.6. The third kappa shape index (κ3) is 4.24. The Kier molecular flexibility index (Phi) is 6.13. The number of nitrogens with one attached hydrogen (secondary N) is 1. The van der Waals surface area contributed by atoms with E-state index in [0.717, 1.165) is 12.8 Å². The fourth-order valence-corrected chi connectivity index (χ4v) is 3.28. The van der Waals surface area contributed by atoms with E-state index in [1.165, 1.54) is 14.2 Å². The van der Waals surface area contributed by atoms with Crippen LogP contribution < -0.4 is 14.8 Å². The highest BCUT2D eigenvalue weighted by molar-refractivity contribution is 5.97. The summed E-state index contributed by atoms with van der Waals surface area (Å²) in [6, 6.07) is 5.09. The fraction of sp³-hybridized carbons (Fsp3) is 0.474. The van der Waals surface area contributed by atoms with Crippen LogP contribution in [0.2, 0.25) is 0 Å². The molecular formula is C19H24N4O5. The topological polar surface area (TPSA) is 107 Å². The molecule has 28 heavy (non-hydrogen) atoms. The maximum Gasteiger partial charge on any atom is 0.255 e. The van der Waals surface area contributed by atoms with Crippen molar-refractivity contribution >= 4 is 11.8 Å². The highest BCUT2D eigenvalue weighted by Gasteiger charge is 2.26. The monoisotopic (exact) mass is 388 g/mol. The summed E-state index contributed by atoms with van der Waals surface area (Å²) in [6.45, 7) is 3.07. The van der Waals surface area contributed by atoms with Gasteiger partial charge in [0.1, 0.15) is 0 Å². The summed E-state index contributed by atoms with van der Waals surface area (Å²) in [6.07, 6.45) is 1.60. The van der Waals surface area contributed by atoms with Crippen molar-refractivity contribution in [3.8, 4) is 11.5 Å². The van der Waals surface area contributed by atoms with Crippen LogP contribution in [-0.4, -0.2) is 54.2 Å². The van der Waals surface area contributed by atoms with Gasteiger partial charge < -0.3 is 24.2 Å². The third-order valence-electron chi connectivity index (χ3n) is 4.84. The lowest BCUT2D eigenvalue weighted by Crippen LogP contribution is -2.36. The second kappa shape index (κ2) is 8.73. The molecular weight excluding hydrogens is 364 g/mol. The van der Waals surface area contributed by atoms with Crippen molar-refractivity contribution in [1.29, 1.82) is 0 Å². The van der Waals surface area contributed by atoms with Crippen molar-refractivity contribution in [1.82, 2.24) is 20.4 Å². The summed E-state index contributed by atoms with van der Waals surface area (Å²) in [7, 11) is 3.00. The van der Waals surface area contributed by atoms with Crippen molar-refractivity contribution in [2.45, 2.75) is 32.2 Å². The molecule has 1 aromatic heterocycles. The zero-order valence-corrected chi connectivity index (χ0v) is 16.2. The van der Waals surface area contributed by atoms with Crippen molar-refractivity contribution in [2.75, 3.05) is 27.3 Å². The highest BCUT2D eigenvalue weighted by atomic mass is 16.5. The third-order valence-corrected chi connectivity index (χ3v) is 4.84. The second-order valence-corrected chi connectivity index (χ2v) is 6.55. The molecule has 0 unspecified atom stereocenters. The molecule has 0 atom stereocenters. The van der Waals surface area contributed by atoms with Crippen molar-refractivity contribution in [3.05, 3.63) is 35.5 Å². The summed E-state index contributed by atoms with van der Waals surface area (Å²) in [5.41, 5.74) is 0.359. The van der Waals surface area contributed by atoms with Gasteiger partial charge in [-0.25, -0.2) is 0 Å². The molecule has 1 saturated heterocycles. The predicted octanol–water partition coefficient (Wildman–Crippen LogP) is 1.74. The van der Waals surface area contributed by atoms with Crippen LogP contribution in [0.15, 0.2) is 22.7 Å². The van der Waals surface area contributed by atoms with Crippen LogP contribution in [0.3, 0.4) is 0 Å². The van der Waals surface area contributed by atoms with Crippen molar-refractivity contribution in [3.63, 3.8) is 0 Å². The van der Waals surface area contributed by atoms with Crippen LogP contribution in [0, 0.1) is 0 Å². The molecule has 9 nitrogen and oxygen atoms in total. The standard InChI is InChI=1S/C19H24N4O5/c1-12(24)23-9-7-13(8-10-23)18-21-16(28-22-18)11-20-19(25)14-5-4-6-15(26-2)17(14)27-3/h4-6,13H,7-11H2,1-3H3,(H,20,25). The molecule has 2 heterocycles. The Morgan fingerprint density at radius 3 is 2.64 bits per heavy atom. The smallest absolute Gasteiger partial charge is 0.255 e. The van der Waals surface area contributed by atoms with E-state index in [2.05, 4.69) is 15.5 Å². The first-order valence-corrected chi connectivity index (χ1v) is 9.10. The van der Waals surface area contributed by atoms with Crippen LogP contribution in [0.25, 0.3) is 0 Å². The summed E-state index contributed by atoms with van der Waals surface area (Å²) in [5, 5.41) is 6.79. The number of carbonyl (C=O) groups excluding carboxylic acids is 2. The van der Waals surface area contributed by atoms with Gasteiger partial charge in [0.15, 0.2) is 17.3 Å². The van der Waals surface area contributed by atoms with E-state index in [9.17, 15) is 9.59 Å². The van der Waals surface area contributed by atoms with Crippen LogP contribution in [0.4, 0.5) is 0 Å². The Morgan fingerprint density at radius 1 is 1.25 bits per heavy atom. The van der Waals surface area contributed by atoms with Crippen LogP contribution >= 0.6 is 0 Å². The molecule has 1 N–H and O–H groups in total. The van der Waals surface area contributed by atoms with E-state index in [1.807, 2.05) is 4.90 Å². The van der Waals surface area contributed by atoms with Gasteiger partial charge >= 0.3 is 0 Å². The van der Waals surface area contributed by atoms with Gasteiger partial charge in [0.05, 0.1) is 26.3 Å². The lowest BCUT2D eigenvalue weighted by molar-refractivity contribution is -0.129. The first-order valence-electron chi connectivity index (χ1n) is 9.10. The van der Waals surface area contributed by atoms with Gasteiger partial charge in [-0.2, -0.15) is 4.98 Å². The molecule has 0 bridgehead atoms. The Bertz CT molecular complexity index is 843. The number of carbonyl (C=O) groups is 2. The summed E-state index contributed by atoms with van der Waals surface area (Å²) < 4.78 is 15.8. The van der Waals surface area contributed by atoms with Crippen LogP contribution in [0.1, 0.15) is 47.8 Å². The Morgan fingerprint density at radius 2 is 2.00 bits per heavy atom. The molecule has 2 aromatic rings. The van der Waals surface area contributed by atoms with Crippen LogP contribution in [0.5, 0.6) is 11.5 Å². The zero-order valence-electron chi connectivity index (χ0n) is 16.2. The Labute approximate surface area is 163 Å². The number of ether oxygens (including phenoxy) is 2. The van der Waals surface area contributed by atoms with E-state index < -0.39 is 0 Å². The van der Waals surface area contributed by atoms with E-state index in [4.69, 9.17) is 14.0 Å². The number of amides is 2. The number of methoxy groups -OCH3 is 2. The molecule has 9 heteroatoms. The molecule has 0 spiro atoms. The van der Waals surface area contributed by atoms with Gasteiger partial charge in [-0.3, -0.25) is 9.59 Å². The summed E-state index contributed by atoms with van der Waals surface area (Å²) in [5.74, 6) is 1.71.